The molecule has 0 heterocycles. The van der Waals surface area contributed by atoms with Crippen LogP contribution in [0.5, 0.6) is 5.75 Å². The monoisotopic (exact) mass is 312 g/mol. The standard InChI is InChI=1S/C14H11BrF2O/c1-9-2-4-12(7-14(9)17)18-8-10-6-11(15)3-5-13(10)16/h2-7H,8H2,1H3. The second-order valence-corrected chi connectivity index (χ2v) is 4.85. The average Bonchev–Trinajstić information content (AvgIpc) is 2.34. The Morgan fingerprint density at radius 3 is 2.56 bits per heavy atom. The maximum Gasteiger partial charge on any atom is 0.129 e. The van der Waals surface area contributed by atoms with Gasteiger partial charge in [0.1, 0.15) is 24.0 Å². The molecule has 2 aromatic carbocycles. The fourth-order valence-corrected chi connectivity index (χ4v) is 1.89. The van der Waals surface area contributed by atoms with Crippen LogP contribution in [0.4, 0.5) is 8.78 Å². The number of halogens is 3. The van der Waals surface area contributed by atoms with E-state index in [0.717, 1.165) is 4.47 Å². The van der Waals surface area contributed by atoms with Crippen molar-refractivity contribution in [1.82, 2.24) is 0 Å². The fourth-order valence-electron chi connectivity index (χ4n) is 1.48. The summed E-state index contributed by atoms with van der Waals surface area (Å²) in [6.07, 6.45) is 0. The molecule has 2 aromatic rings. The van der Waals surface area contributed by atoms with Gasteiger partial charge >= 0.3 is 0 Å². The van der Waals surface area contributed by atoms with Crippen molar-refractivity contribution in [3.63, 3.8) is 0 Å². The maximum atomic E-state index is 13.4. The molecule has 0 radical (unpaired) electrons. The molecule has 0 aliphatic rings. The summed E-state index contributed by atoms with van der Waals surface area (Å²) in [5, 5.41) is 0. The van der Waals surface area contributed by atoms with Crippen LogP contribution in [0.1, 0.15) is 11.1 Å². The maximum absolute atomic E-state index is 13.4. The predicted octanol–water partition coefficient (Wildman–Crippen LogP) is 4.61. The minimum atomic E-state index is -0.342. The lowest BCUT2D eigenvalue weighted by atomic mass is 10.2. The first-order valence-electron chi connectivity index (χ1n) is 5.39. The molecule has 94 valence electrons. The molecule has 0 fully saturated rings. The van der Waals surface area contributed by atoms with Gasteiger partial charge in [0.15, 0.2) is 0 Å². The van der Waals surface area contributed by atoms with Crippen molar-refractivity contribution in [3.05, 3.63) is 63.6 Å². The van der Waals surface area contributed by atoms with Gasteiger partial charge in [-0.1, -0.05) is 22.0 Å². The summed E-state index contributed by atoms with van der Waals surface area (Å²) >= 11 is 3.26. The summed E-state index contributed by atoms with van der Waals surface area (Å²) in [7, 11) is 0. The largest absolute Gasteiger partial charge is 0.489 e. The van der Waals surface area contributed by atoms with Gasteiger partial charge in [-0.2, -0.15) is 0 Å². The summed E-state index contributed by atoms with van der Waals surface area (Å²) in [4.78, 5) is 0. The third-order valence-corrected chi connectivity index (χ3v) is 3.04. The third-order valence-electron chi connectivity index (χ3n) is 2.55. The van der Waals surface area contributed by atoms with Gasteiger partial charge in [-0.25, -0.2) is 8.78 Å². The number of rotatable bonds is 3. The van der Waals surface area contributed by atoms with Gasteiger partial charge in [-0.15, -0.1) is 0 Å². The average molecular weight is 313 g/mol. The first-order valence-corrected chi connectivity index (χ1v) is 6.18. The first-order chi connectivity index (χ1) is 8.56. The molecule has 0 atom stereocenters. The van der Waals surface area contributed by atoms with E-state index in [4.69, 9.17) is 4.74 Å². The SMILES string of the molecule is Cc1ccc(OCc2cc(Br)ccc2F)cc1F. The van der Waals surface area contributed by atoms with Gasteiger partial charge in [0.25, 0.3) is 0 Å². The second-order valence-electron chi connectivity index (χ2n) is 3.94. The summed E-state index contributed by atoms with van der Waals surface area (Å²) in [5.74, 6) is -0.287. The highest BCUT2D eigenvalue weighted by Crippen LogP contribution is 2.20. The summed E-state index contributed by atoms with van der Waals surface area (Å²) < 4.78 is 32.9. The van der Waals surface area contributed by atoms with Crippen LogP contribution in [0.15, 0.2) is 40.9 Å². The molecule has 0 saturated carbocycles. The number of aryl methyl sites for hydroxylation is 1. The van der Waals surface area contributed by atoms with Crippen molar-refractivity contribution < 1.29 is 13.5 Å². The van der Waals surface area contributed by atoms with Crippen LogP contribution in [0.3, 0.4) is 0 Å². The first kappa shape index (κ1) is 13.0. The minimum Gasteiger partial charge on any atom is -0.489 e. The van der Waals surface area contributed by atoms with Gasteiger partial charge in [-0.3, -0.25) is 0 Å². The van der Waals surface area contributed by atoms with Gasteiger partial charge in [0.2, 0.25) is 0 Å². The molecule has 0 amide bonds. The lowest BCUT2D eigenvalue weighted by Crippen LogP contribution is -1.99. The predicted molar refractivity (Wildman–Crippen MR) is 69.6 cm³/mol. The lowest BCUT2D eigenvalue weighted by Gasteiger charge is -2.08. The normalized spacial score (nSPS) is 10.4. The second kappa shape index (κ2) is 5.48. The zero-order valence-corrected chi connectivity index (χ0v) is 11.3. The highest BCUT2D eigenvalue weighted by molar-refractivity contribution is 9.10. The highest BCUT2D eigenvalue weighted by atomic mass is 79.9. The Kier molecular flexibility index (Phi) is 3.97. The van der Waals surface area contributed by atoms with Crippen molar-refractivity contribution >= 4 is 15.9 Å². The Hall–Kier alpha value is -1.42. The van der Waals surface area contributed by atoms with E-state index in [9.17, 15) is 8.78 Å². The van der Waals surface area contributed by atoms with Crippen LogP contribution in [-0.4, -0.2) is 0 Å². The van der Waals surface area contributed by atoms with E-state index in [1.54, 1.807) is 31.2 Å². The Morgan fingerprint density at radius 2 is 1.83 bits per heavy atom. The van der Waals surface area contributed by atoms with Crippen LogP contribution in [0, 0.1) is 18.6 Å². The topological polar surface area (TPSA) is 9.23 Å². The van der Waals surface area contributed by atoms with Crippen molar-refractivity contribution in [2.45, 2.75) is 13.5 Å². The van der Waals surface area contributed by atoms with Crippen LogP contribution >= 0.6 is 15.9 Å². The van der Waals surface area contributed by atoms with Crippen LogP contribution in [0.2, 0.25) is 0 Å². The van der Waals surface area contributed by atoms with Crippen molar-refractivity contribution in [2.75, 3.05) is 0 Å². The molecule has 2 rings (SSSR count). The summed E-state index contributed by atoms with van der Waals surface area (Å²) in [5.41, 5.74) is 0.973. The van der Waals surface area contributed by atoms with Gasteiger partial charge < -0.3 is 4.74 Å². The van der Waals surface area contributed by atoms with E-state index < -0.39 is 0 Å². The molecule has 18 heavy (non-hydrogen) atoms. The zero-order valence-electron chi connectivity index (χ0n) is 9.71. The zero-order chi connectivity index (χ0) is 13.1. The number of benzene rings is 2. The van der Waals surface area contributed by atoms with E-state index in [0.29, 0.717) is 16.9 Å². The minimum absolute atomic E-state index is 0.0633. The molecule has 0 saturated heterocycles. The van der Waals surface area contributed by atoms with Crippen molar-refractivity contribution in [1.29, 1.82) is 0 Å². The van der Waals surface area contributed by atoms with E-state index in [1.807, 2.05) is 0 Å². The lowest BCUT2D eigenvalue weighted by molar-refractivity contribution is 0.298. The van der Waals surface area contributed by atoms with E-state index in [-0.39, 0.29) is 18.2 Å². The fraction of sp³-hybridized carbons (Fsp3) is 0.143. The number of hydrogen-bond donors (Lipinski definition) is 0. The number of ether oxygens (including phenoxy) is 1. The van der Waals surface area contributed by atoms with Crippen molar-refractivity contribution in [2.24, 2.45) is 0 Å². The molecule has 0 unspecified atom stereocenters. The molecule has 0 aromatic heterocycles. The van der Waals surface area contributed by atoms with Crippen LogP contribution in [-0.2, 0) is 6.61 Å². The highest BCUT2D eigenvalue weighted by Gasteiger charge is 2.05. The Labute approximate surface area is 113 Å². The molecular weight excluding hydrogens is 302 g/mol. The smallest absolute Gasteiger partial charge is 0.129 e. The Bertz CT molecular complexity index is 570. The molecule has 0 N–H and O–H groups in total. The van der Waals surface area contributed by atoms with E-state index in [2.05, 4.69) is 15.9 Å². The molecule has 0 spiro atoms. The molecule has 4 heteroatoms. The molecule has 1 nitrogen and oxygen atoms in total. The van der Waals surface area contributed by atoms with Gasteiger partial charge in [0.05, 0.1) is 0 Å². The van der Waals surface area contributed by atoms with E-state index in [1.165, 1.54) is 12.1 Å². The van der Waals surface area contributed by atoms with E-state index >= 15 is 0 Å². The third kappa shape index (κ3) is 3.07. The summed E-state index contributed by atoms with van der Waals surface area (Å²) in [6, 6.07) is 9.20. The molecule has 0 aliphatic carbocycles. The Balaban J connectivity index is 2.11. The number of hydrogen-bond acceptors (Lipinski definition) is 1. The molecule has 0 bridgehead atoms. The molecular formula is C14H11BrF2O. The summed E-state index contributed by atoms with van der Waals surface area (Å²) in [6.45, 7) is 1.74. The van der Waals surface area contributed by atoms with Crippen molar-refractivity contribution in [3.8, 4) is 5.75 Å². The Morgan fingerprint density at radius 1 is 1.06 bits per heavy atom. The van der Waals surface area contributed by atoms with Crippen LogP contribution < -0.4 is 4.74 Å². The van der Waals surface area contributed by atoms with Gasteiger partial charge in [0, 0.05) is 16.1 Å². The van der Waals surface area contributed by atoms with Gasteiger partial charge in [-0.05, 0) is 36.8 Å². The molecule has 0 aliphatic heterocycles. The quantitative estimate of drug-likeness (QED) is 0.804. The van der Waals surface area contributed by atoms with Crippen LogP contribution in [0.25, 0.3) is 0 Å².